The molecule has 0 aromatic carbocycles. The second-order valence-corrected chi connectivity index (χ2v) is 9.60. The molecule has 0 amide bonds. The van der Waals surface area contributed by atoms with Gasteiger partial charge in [0.1, 0.15) is 0 Å². The highest BCUT2D eigenvalue weighted by molar-refractivity contribution is 5.18. The van der Waals surface area contributed by atoms with Crippen molar-refractivity contribution >= 4 is 0 Å². The van der Waals surface area contributed by atoms with Crippen molar-refractivity contribution in [1.29, 1.82) is 0 Å². The maximum Gasteiger partial charge on any atom is 0.00452 e. The number of hydrogen-bond donors (Lipinski definition) is 1. The fourth-order valence-corrected chi connectivity index (χ4v) is 7.49. The Morgan fingerprint density at radius 3 is 2.55 bits per heavy atom. The average molecular weight is 274 g/mol. The summed E-state index contributed by atoms with van der Waals surface area (Å²) >= 11 is 0. The normalized spacial score (nSPS) is 60.6. The van der Waals surface area contributed by atoms with E-state index in [9.17, 15) is 0 Å². The molecule has 5 aliphatic rings. The smallest absolute Gasteiger partial charge is 0.00452 e. The molecule has 2 bridgehead atoms. The van der Waals surface area contributed by atoms with Gasteiger partial charge in [-0.3, -0.25) is 0 Å². The van der Waals surface area contributed by atoms with Crippen LogP contribution in [0.25, 0.3) is 0 Å². The van der Waals surface area contributed by atoms with Gasteiger partial charge in [0.05, 0.1) is 0 Å². The van der Waals surface area contributed by atoms with Crippen molar-refractivity contribution in [2.45, 2.75) is 57.9 Å². The third-order valence-electron chi connectivity index (χ3n) is 7.72. The highest BCUT2D eigenvalue weighted by Gasteiger charge is 2.67. The summed E-state index contributed by atoms with van der Waals surface area (Å²) in [4.78, 5) is 2.84. The second-order valence-electron chi connectivity index (χ2n) is 9.60. The molecule has 0 aromatic rings. The van der Waals surface area contributed by atoms with Crippen LogP contribution in [-0.4, -0.2) is 30.6 Å². The van der Waals surface area contributed by atoms with Gasteiger partial charge in [-0.25, -0.2) is 0 Å². The molecular formula is C18H30N2. The van der Waals surface area contributed by atoms with Crippen molar-refractivity contribution in [2.24, 2.45) is 40.2 Å². The predicted molar refractivity (Wildman–Crippen MR) is 81.2 cm³/mol. The maximum absolute atomic E-state index is 6.14. The van der Waals surface area contributed by atoms with Crippen molar-refractivity contribution in [3.63, 3.8) is 0 Å². The number of likely N-dealkylation sites (tertiary alicyclic amines) is 1. The van der Waals surface area contributed by atoms with Crippen LogP contribution < -0.4 is 5.73 Å². The van der Waals surface area contributed by atoms with Crippen LogP contribution in [0, 0.1) is 34.5 Å². The summed E-state index contributed by atoms with van der Waals surface area (Å²) in [6.45, 7) is 6.68. The van der Waals surface area contributed by atoms with E-state index in [4.69, 9.17) is 5.73 Å². The van der Waals surface area contributed by atoms with Crippen LogP contribution in [0.3, 0.4) is 0 Å². The topological polar surface area (TPSA) is 29.3 Å². The van der Waals surface area contributed by atoms with Gasteiger partial charge in [0.15, 0.2) is 0 Å². The lowest BCUT2D eigenvalue weighted by Gasteiger charge is -2.42. The molecule has 5 rings (SSSR count). The Balaban J connectivity index is 1.29. The Morgan fingerprint density at radius 1 is 1.05 bits per heavy atom. The minimum Gasteiger partial charge on any atom is -0.328 e. The summed E-state index contributed by atoms with van der Waals surface area (Å²) < 4.78 is 0. The summed E-state index contributed by atoms with van der Waals surface area (Å²) in [6, 6.07) is 0.516. The van der Waals surface area contributed by atoms with Crippen LogP contribution >= 0.6 is 0 Å². The van der Waals surface area contributed by atoms with Crippen LogP contribution in [0.2, 0.25) is 0 Å². The molecule has 1 spiro atoms. The molecule has 20 heavy (non-hydrogen) atoms. The molecule has 1 aliphatic heterocycles. The lowest BCUT2D eigenvalue weighted by molar-refractivity contribution is 0.0768. The molecule has 0 aromatic heterocycles. The van der Waals surface area contributed by atoms with E-state index in [2.05, 4.69) is 11.8 Å². The highest BCUT2D eigenvalue weighted by Crippen LogP contribution is 2.76. The molecule has 2 N–H and O–H groups in total. The largest absolute Gasteiger partial charge is 0.328 e. The summed E-state index contributed by atoms with van der Waals surface area (Å²) in [6.07, 6.45) is 10.4. The Bertz CT molecular complexity index is 417. The van der Waals surface area contributed by atoms with Crippen molar-refractivity contribution in [3.05, 3.63) is 0 Å². The van der Waals surface area contributed by atoms with Gasteiger partial charge in [-0.15, -0.1) is 0 Å². The molecule has 2 nitrogen and oxygen atoms in total. The van der Waals surface area contributed by atoms with Gasteiger partial charge in [-0.1, -0.05) is 6.92 Å². The summed E-state index contributed by atoms with van der Waals surface area (Å²) in [7, 11) is 0. The van der Waals surface area contributed by atoms with Gasteiger partial charge in [-0.05, 0) is 79.4 Å². The molecule has 1 heterocycles. The van der Waals surface area contributed by atoms with E-state index >= 15 is 0 Å². The quantitative estimate of drug-likeness (QED) is 0.839. The lowest BCUT2D eigenvalue weighted by atomic mass is 9.67. The molecular weight excluding hydrogens is 244 g/mol. The standard InChI is InChI=1S/C18H30N2/c1-12-4-17(6-15-7-18(15,5-12)10-17)11-20-8-13-2-16(19)3-14(13)9-20/h12-16H,2-11,19H2,1H3/t12?,13-,14+,15?,16?,17?,18?. The predicted octanol–water partition coefficient (Wildman–Crippen LogP) is 2.87. The third-order valence-corrected chi connectivity index (χ3v) is 7.72. The molecule has 4 saturated carbocycles. The van der Waals surface area contributed by atoms with Gasteiger partial charge in [-0.2, -0.15) is 0 Å². The molecule has 1 saturated heterocycles. The number of fused-ring (bicyclic) bond motifs is 2. The van der Waals surface area contributed by atoms with Crippen molar-refractivity contribution in [3.8, 4) is 0 Å². The summed E-state index contributed by atoms with van der Waals surface area (Å²) in [5.41, 5.74) is 7.70. The molecule has 5 unspecified atom stereocenters. The van der Waals surface area contributed by atoms with Gasteiger partial charge in [0.25, 0.3) is 0 Å². The minimum absolute atomic E-state index is 0.516. The van der Waals surface area contributed by atoms with Gasteiger partial charge >= 0.3 is 0 Å². The Labute approximate surface area is 123 Å². The van der Waals surface area contributed by atoms with Crippen LogP contribution in [0.15, 0.2) is 0 Å². The van der Waals surface area contributed by atoms with Gasteiger partial charge in [0.2, 0.25) is 0 Å². The zero-order valence-electron chi connectivity index (χ0n) is 13.0. The van der Waals surface area contributed by atoms with E-state index in [0.717, 1.165) is 34.5 Å². The van der Waals surface area contributed by atoms with E-state index in [-0.39, 0.29) is 0 Å². The minimum atomic E-state index is 0.516. The summed E-state index contributed by atoms with van der Waals surface area (Å²) in [5.74, 6) is 3.99. The van der Waals surface area contributed by atoms with Gasteiger partial charge in [0, 0.05) is 25.7 Å². The molecule has 112 valence electrons. The average Bonchev–Trinajstić information content (AvgIpc) is 2.64. The van der Waals surface area contributed by atoms with E-state index in [0.29, 0.717) is 6.04 Å². The van der Waals surface area contributed by atoms with Crippen LogP contribution in [-0.2, 0) is 0 Å². The number of nitrogens with zero attached hydrogens (tertiary/aromatic N) is 1. The molecule has 2 heteroatoms. The zero-order chi connectivity index (χ0) is 13.5. The first-order valence-corrected chi connectivity index (χ1v) is 9.04. The monoisotopic (exact) mass is 274 g/mol. The number of rotatable bonds is 2. The summed E-state index contributed by atoms with van der Waals surface area (Å²) in [5, 5.41) is 0. The Hall–Kier alpha value is -0.0800. The number of hydrogen-bond acceptors (Lipinski definition) is 2. The van der Waals surface area contributed by atoms with Crippen molar-refractivity contribution < 1.29 is 0 Å². The fourth-order valence-electron chi connectivity index (χ4n) is 7.49. The van der Waals surface area contributed by atoms with Crippen molar-refractivity contribution in [2.75, 3.05) is 19.6 Å². The molecule has 0 radical (unpaired) electrons. The zero-order valence-corrected chi connectivity index (χ0v) is 13.0. The Kier molecular flexibility index (Phi) is 2.38. The molecule has 7 atom stereocenters. The Morgan fingerprint density at radius 2 is 1.80 bits per heavy atom. The van der Waals surface area contributed by atoms with Gasteiger partial charge < -0.3 is 10.6 Å². The van der Waals surface area contributed by atoms with Crippen LogP contribution in [0.5, 0.6) is 0 Å². The van der Waals surface area contributed by atoms with E-state index in [1.807, 2.05) is 0 Å². The third kappa shape index (κ3) is 1.70. The molecule has 4 aliphatic carbocycles. The first kappa shape index (κ1) is 12.5. The second kappa shape index (κ2) is 3.81. The van der Waals surface area contributed by atoms with Crippen LogP contribution in [0.4, 0.5) is 0 Å². The first-order valence-electron chi connectivity index (χ1n) is 9.04. The SMILES string of the molecule is CC1CC2(CN3C[C@H]4CC(N)C[C@H]4C3)CC3CC3(C1)C2. The number of nitrogens with two attached hydrogens (primary N) is 1. The fraction of sp³-hybridized carbons (Fsp3) is 1.00. The molecule has 5 fully saturated rings. The van der Waals surface area contributed by atoms with E-state index < -0.39 is 0 Å². The highest BCUT2D eigenvalue weighted by atomic mass is 15.2. The first-order chi connectivity index (χ1) is 9.56. The lowest BCUT2D eigenvalue weighted by Crippen LogP contribution is -2.40. The maximum atomic E-state index is 6.14. The van der Waals surface area contributed by atoms with E-state index in [1.165, 1.54) is 38.9 Å². The van der Waals surface area contributed by atoms with Crippen LogP contribution in [0.1, 0.15) is 51.9 Å². The van der Waals surface area contributed by atoms with Crippen molar-refractivity contribution in [1.82, 2.24) is 4.90 Å². The van der Waals surface area contributed by atoms with E-state index in [1.54, 1.807) is 25.7 Å².